The fraction of sp³-hybridized carbons (Fsp3) is 0.750. The van der Waals surface area contributed by atoms with Crippen LogP contribution in [0.2, 0.25) is 0 Å². The summed E-state index contributed by atoms with van der Waals surface area (Å²) in [5.74, 6) is 0.410. The number of hydrogen-bond acceptors (Lipinski definition) is 2. The van der Waals surface area contributed by atoms with Crippen LogP contribution in [0, 0.1) is 5.92 Å². The van der Waals surface area contributed by atoms with Crippen molar-refractivity contribution in [3.05, 3.63) is 12.2 Å². The quantitative estimate of drug-likeness (QED) is 0.666. The second kappa shape index (κ2) is 5.30. The number of Topliss-reactive ketones (excluding diaryl/α,β-unsaturated/α-hetero) is 1. The molecule has 14 heavy (non-hydrogen) atoms. The average Bonchev–Trinajstić information content (AvgIpc) is 1.94. The predicted molar refractivity (Wildman–Crippen MR) is 59.1 cm³/mol. The van der Waals surface area contributed by atoms with Gasteiger partial charge in [0.1, 0.15) is 5.78 Å². The lowest BCUT2D eigenvalue weighted by atomic mass is 9.87. The van der Waals surface area contributed by atoms with Crippen molar-refractivity contribution in [3.63, 3.8) is 0 Å². The zero-order valence-corrected chi connectivity index (χ0v) is 9.76. The summed E-state index contributed by atoms with van der Waals surface area (Å²) >= 11 is 0. The molecule has 0 aromatic rings. The zero-order valence-electron chi connectivity index (χ0n) is 9.76. The Morgan fingerprint density at radius 2 is 1.93 bits per heavy atom. The van der Waals surface area contributed by atoms with Crippen molar-refractivity contribution >= 4 is 5.78 Å². The highest BCUT2D eigenvalue weighted by Crippen LogP contribution is 2.23. The van der Waals surface area contributed by atoms with Crippen molar-refractivity contribution in [2.45, 2.75) is 52.6 Å². The molecule has 0 rings (SSSR count). The Morgan fingerprint density at radius 3 is 2.21 bits per heavy atom. The van der Waals surface area contributed by atoms with Gasteiger partial charge in [-0.05, 0) is 46.5 Å². The second-order valence-electron chi connectivity index (χ2n) is 4.80. The number of hydrogen-bond donors (Lipinski definition) is 1. The van der Waals surface area contributed by atoms with Gasteiger partial charge in [-0.3, -0.25) is 0 Å². The minimum Gasteiger partial charge on any atom is -0.390 e. The molecular formula is C12H22O2. The van der Waals surface area contributed by atoms with Gasteiger partial charge in [-0.1, -0.05) is 12.2 Å². The van der Waals surface area contributed by atoms with Gasteiger partial charge in [0.15, 0.2) is 0 Å². The van der Waals surface area contributed by atoms with E-state index in [1.54, 1.807) is 20.8 Å². The first-order valence-electron chi connectivity index (χ1n) is 5.09. The Hall–Kier alpha value is -0.630. The van der Waals surface area contributed by atoms with E-state index >= 15 is 0 Å². The van der Waals surface area contributed by atoms with Gasteiger partial charge in [0, 0.05) is 6.42 Å². The summed E-state index contributed by atoms with van der Waals surface area (Å²) in [6.45, 7) is 11.0. The second-order valence-corrected chi connectivity index (χ2v) is 4.80. The van der Waals surface area contributed by atoms with Crippen LogP contribution in [0.25, 0.3) is 0 Å². The van der Waals surface area contributed by atoms with Crippen molar-refractivity contribution in [2.75, 3.05) is 0 Å². The number of allylic oxidation sites excluding steroid dienone is 1. The molecule has 0 bridgehead atoms. The van der Waals surface area contributed by atoms with E-state index < -0.39 is 5.60 Å². The summed E-state index contributed by atoms with van der Waals surface area (Å²) in [5.41, 5.74) is 0.384. The summed E-state index contributed by atoms with van der Waals surface area (Å²) in [7, 11) is 0. The van der Waals surface area contributed by atoms with Crippen molar-refractivity contribution < 1.29 is 9.90 Å². The first kappa shape index (κ1) is 13.4. The van der Waals surface area contributed by atoms with Crippen LogP contribution in [0.4, 0.5) is 0 Å². The Bertz CT molecular complexity index is 211. The molecule has 0 radical (unpaired) electrons. The van der Waals surface area contributed by atoms with E-state index in [9.17, 15) is 9.90 Å². The normalized spacial score (nSPS) is 13.8. The summed E-state index contributed by atoms with van der Waals surface area (Å²) in [6, 6.07) is 0. The van der Waals surface area contributed by atoms with E-state index in [4.69, 9.17) is 0 Å². The molecule has 0 aromatic carbocycles. The molecule has 0 saturated heterocycles. The maximum Gasteiger partial charge on any atom is 0.130 e. The van der Waals surface area contributed by atoms with E-state index in [0.717, 1.165) is 12.0 Å². The fourth-order valence-electron chi connectivity index (χ4n) is 1.40. The van der Waals surface area contributed by atoms with Crippen LogP contribution < -0.4 is 0 Å². The van der Waals surface area contributed by atoms with Gasteiger partial charge >= 0.3 is 0 Å². The minimum absolute atomic E-state index is 0.189. The molecule has 0 saturated carbocycles. The SMILES string of the molecule is C=C(C)[C@H](CCC(C)(C)O)CC(C)=O. The molecule has 2 heteroatoms. The van der Waals surface area contributed by atoms with E-state index in [2.05, 4.69) is 6.58 Å². The van der Waals surface area contributed by atoms with Crippen LogP contribution in [0.5, 0.6) is 0 Å². The molecule has 0 aromatic heterocycles. The smallest absolute Gasteiger partial charge is 0.130 e. The lowest BCUT2D eigenvalue weighted by Gasteiger charge is -2.21. The molecule has 1 atom stereocenters. The van der Waals surface area contributed by atoms with Crippen molar-refractivity contribution in [1.82, 2.24) is 0 Å². The molecule has 1 N–H and O–H groups in total. The summed E-state index contributed by atoms with van der Waals surface area (Å²) in [5, 5.41) is 9.57. The molecular weight excluding hydrogens is 176 g/mol. The minimum atomic E-state index is -0.648. The van der Waals surface area contributed by atoms with Crippen molar-refractivity contribution in [2.24, 2.45) is 5.92 Å². The summed E-state index contributed by atoms with van der Waals surface area (Å²) in [6.07, 6.45) is 2.08. The third-order valence-corrected chi connectivity index (χ3v) is 2.34. The molecule has 82 valence electrons. The standard InChI is InChI=1S/C12H22O2/c1-9(2)11(8-10(3)13)6-7-12(4,5)14/h11,14H,1,6-8H2,2-5H3/t11-/m1/s1. The predicted octanol–water partition coefficient (Wildman–Crippen LogP) is 2.71. The molecule has 0 unspecified atom stereocenters. The first-order chi connectivity index (χ1) is 6.22. The number of carbonyl (C=O) groups is 1. The molecule has 0 aliphatic heterocycles. The van der Waals surface area contributed by atoms with Crippen molar-refractivity contribution in [3.8, 4) is 0 Å². The lowest BCUT2D eigenvalue weighted by molar-refractivity contribution is -0.117. The lowest BCUT2D eigenvalue weighted by Crippen LogP contribution is -2.20. The van der Waals surface area contributed by atoms with E-state index in [-0.39, 0.29) is 11.7 Å². The van der Waals surface area contributed by atoms with E-state index in [1.807, 2.05) is 6.92 Å². The first-order valence-corrected chi connectivity index (χ1v) is 5.09. The zero-order chi connectivity index (χ0) is 11.4. The Balaban J connectivity index is 4.11. The van der Waals surface area contributed by atoms with Gasteiger partial charge in [-0.25, -0.2) is 0 Å². The summed E-state index contributed by atoms with van der Waals surface area (Å²) in [4.78, 5) is 11.0. The van der Waals surface area contributed by atoms with Gasteiger partial charge in [0.25, 0.3) is 0 Å². The number of ketones is 1. The molecule has 0 aliphatic carbocycles. The maximum absolute atomic E-state index is 11.0. The Morgan fingerprint density at radius 1 is 1.43 bits per heavy atom. The van der Waals surface area contributed by atoms with Crippen LogP contribution >= 0.6 is 0 Å². The third-order valence-electron chi connectivity index (χ3n) is 2.34. The Labute approximate surface area is 87.0 Å². The molecule has 0 amide bonds. The number of aliphatic hydroxyl groups is 1. The average molecular weight is 198 g/mol. The molecule has 0 fully saturated rings. The number of rotatable bonds is 6. The fourth-order valence-corrected chi connectivity index (χ4v) is 1.40. The van der Waals surface area contributed by atoms with Gasteiger partial charge in [-0.15, -0.1) is 0 Å². The summed E-state index contributed by atoms with van der Waals surface area (Å²) < 4.78 is 0. The van der Waals surface area contributed by atoms with Crippen LogP contribution in [0.3, 0.4) is 0 Å². The highest BCUT2D eigenvalue weighted by Gasteiger charge is 2.18. The number of carbonyl (C=O) groups excluding carboxylic acids is 1. The van der Waals surface area contributed by atoms with Gasteiger partial charge < -0.3 is 9.90 Å². The van der Waals surface area contributed by atoms with E-state index in [0.29, 0.717) is 12.8 Å². The van der Waals surface area contributed by atoms with Crippen LogP contribution in [0.15, 0.2) is 12.2 Å². The van der Waals surface area contributed by atoms with Gasteiger partial charge in [0.05, 0.1) is 5.60 Å². The van der Waals surface area contributed by atoms with Gasteiger partial charge in [0.2, 0.25) is 0 Å². The molecule has 2 nitrogen and oxygen atoms in total. The largest absolute Gasteiger partial charge is 0.390 e. The molecule has 0 spiro atoms. The topological polar surface area (TPSA) is 37.3 Å². The van der Waals surface area contributed by atoms with Crippen LogP contribution in [0.1, 0.15) is 47.0 Å². The highest BCUT2D eigenvalue weighted by atomic mass is 16.3. The van der Waals surface area contributed by atoms with Gasteiger partial charge in [-0.2, -0.15) is 0 Å². The molecule has 0 heterocycles. The maximum atomic E-state index is 11.0. The van der Waals surface area contributed by atoms with Crippen LogP contribution in [-0.4, -0.2) is 16.5 Å². The van der Waals surface area contributed by atoms with E-state index in [1.165, 1.54) is 0 Å². The van der Waals surface area contributed by atoms with Crippen molar-refractivity contribution in [1.29, 1.82) is 0 Å². The van der Waals surface area contributed by atoms with Crippen LogP contribution in [-0.2, 0) is 4.79 Å². The highest BCUT2D eigenvalue weighted by molar-refractivity contribution is 5.76. The molecule has 0 aliphatic rings. The third kappa shape index (κ3) is 6.84. The Kier molecular flexibility index (Phi) is 5.06. The monoisotopic (exact) mass is 198 g/mol.